The molecule has 1 aromatic carbocycles. The standard InChI is InChI=1S/C13H13BrN4O2/c1-17(6-10-4-2-3-5-12(10)14)13(20)8-18-7-11(9-19)15-16-18/h2-5,7,9H,6,8H2,1H3. The molecule has 0 radical (unpaired) electrons. The van der Waals surface area contributed by atoms with Crippen LogP contribution >= 0.6 is 15.9 Å². The molecule has 0 N–H and O–H groups in total. The Morgan fingerprint density at radius 3 is 2.85 bits per heavy atom. The Bertz CT molecular complexity index is 626. The van der Waals surface area contributed by atoms with E-state index in [9.17, 15) is 9.59 Å². The lowest BCUT2D eigenvalue weighted by Gasteiger charge is -2.17. The van der Waals surface area contributed by atoms with E-state index in [1.807, 2.05) is 24.3 Å². The number of carbonyl (C=O) groups is 2. The van der Waals surface area contributed by atoms with Crippen molar-refractivity contribution in [2.45, 2.75) is 13.1 Å². The van der Waals surface area contributed by atoms with Gasteiger partial charge in [-0.3, -0.25) is 9.59 Å². The molecule has 0 atom stereocenters. The number of nitrogens with zero attached hydrogens (tertiary/aromatic N) is 4. The van der Waals surface area contributed by atoms with Gasteiger partial charge in [0, 0.05) is 18.1 Å². The lowest BCUT2D eigenvalue weighted by molar-refractivity contribution is -0.131. The Morgan fingerprint density at radius 1 is 1.45 bits per heavy atom. The van der Waals surface area contributed by atoms with Crippen molar-refractivity contribution in [2.24, 2.45) is 0 Å². The number of aldehydes is 1. The number of amides is 1. The summed E-state index contributed by atoms with van der Waals surface area (Å²) in [5.41, 5.74) is 1.24. The first-order valence-corrected chi connectivity index (χ1v) is 6.72. The van der Waals surface area contributed by atoms with Crippen LogP contribution in [0.15, 0.2) is 34.9 Å². The van der Waals surface area contributed by atoms with E-state index in [1.165, 1.54) is 10.9 Å². The summed E-state index contributed by atoms with van der Waals surface area (Å²) < 4.78 is 2.31. The molecule has 1 aromatic heterocycles. The Balaban J connectivity index is 1.98. The maximum absolute atomic E-state index is 12.1. The highest BCUT2D eigenvalue weighted by atomic mass is 79.9. The van der Waals surface area contributed by atoms with E-state index < -0.39 is 0 Å². The van der Waals surface area contributed by atoms with E-state index in [0.29, 0.717) is 12.8 Å². The third-order valence-electron chi connectivity index (χ3n) is 2.77. The van der Waals surface area contributed by atoms with E-state index in [0.717, 1.165) is 10.0 Å². The van der Waals surface area contributed by atoms with Gasteiger partial charge in [-0.1, -0.05) is 39.3 Å². The van der Waals surface area contributed by atoms with E-state index in [2.05, 4.69) is 26.2 Å². The smallest absolute Gasteiger partial charge is 0.244 e. The summed E-state index contributed by atoms with van der Waals surface area (Å²) in [6.45, 7) is 0.553. The number of hydrogen-bond donors (Lipinski definition) is 0. The van der Waals surface area contributed by atoms with Crippen LogP contribution in [0, 0.1) is 0 Å². The van der Waals surface area contributed by atoms with Crippen molar-refractivity contribution in [1.29, 1.82) is 0 Å². The van der Waals surface area contributed by atoms with Crippen molar-refractivity contribution in [3.8, 4) is 0 Å². The van der Waals surface area contributed by atoms with Gasteiger partial charge in [0.05, 0.1) is 6.20 Å². The van der Waals surface area contributed by atoms with Crippen molar-refractivity contribution >= 4 is 28.1 Å². The molecule has 0 aliphatic heterocycles. The van der Waals surface area contributed by atoms with Gasteiger partial charge in [0.2, 0.25) is 5.91 Å². The summed E-state index contributed by atoms with van der Waals surface area (Å²) in [6, 6.07) is 7.73. The molecule has 0 saturated carbocycles. The maximum Gasteiger partial charge on any atom is 0.244 e. The zero-order chi connectivity index (χ0) is 14.5. The van der Waals surface area contributed by atoms with Crippen LogP contribution in [-0.4, -0.2) is 39.1 Å². The summed E-state index contributed by atoms with van der Waals surface area (Å²) >= 11 is 3.45. The molecule has 0 aliphatic carbocycles. The summed E-state index contributed by atoms with van der Waals surface area (Å²) in [5.74, 6) is -0.108. The fourth-order valence-electron chi connectivity index (χ4n) is 1.67. The third-order valence-corrected chi connectivity index (χ3v) is 3.54. The van der Waals surface area contributed by atoms with Crippen LogP contribution in [0.4, 0.5) is 0 Å². The van der Waals surface area contributed by atoms with Crippen LogP contribution in [-0.2, 0) is 17.9 Å². The van der Waals surface area contributed by atoms with E-state index in [1.54, 1.807) is 11.9 Å². The average Bonchev–Trinajstić information content (AvgIpc) is 2.89. The Kier molecular flexibility index (Phi) is 4.62. The molecule has 20 heavy (non-hydrogen) atoms. The molecule has 2 aromatic rings. The molecule has 0 bridgehead atoms. The molecular weight excluding hydrogens is 324 g/mol. The van der Waals surface area contributed by atoms with Crippen LogP contribution in [0.2, 0.25) is 0 Å². The summed E-state index contributed by atoms with van der Waals surface area (Å²) in [6.07, 6.45) is 2.04. The molecule has 6 nitrogen and oxygen atoms in total. The molecule has 104 valence electrons. The van der Waals surface area contributed by atoms with E-state index in [-0.39, 0.29) is 18.1 Å². The second-order valence-corrected chi connectivity index (χ2v) is 5.15. The zero-order valence-electron chi connectivity index (χ0n) is 10.9. The minimum atomic E-state index is -0.108. The molecule has 0 unspecified atom stereocenters. The van der Waals surface area contributed by atoms with Gasteiger partial charge in [-0.15, -0.1) is 5.10 Å². The molecule has 0 saturated heterocycles. The molecule has 0 aliphatic rings. The first kappa shape index (κ1) is 14.4. The highest BCUT2D eigenvalue weighted by molar-refractivity contribution is 9.10. The van der Waals surface area contributed by atoms with Crippen molar-refractivity contribution in [3.63, 3.8) is 0 Å². The predicted molar refractivity (Wildman–Crippen MR) is 76.0 cm³/mol. The van der Waals surface area contributed by atoms with Crippen LogP contribution in [0.1, 0.15) is 16.1 Å². The van der Waals surface area contributed by atoms with Gasteiger partial charge < -0.3 is 4.90 Å². The monoisotopic (exact) mass is 336 g/mol. The van der Waals surface area contributed by atoms with Crippen molar-refractivity contribution in [1.82, 2.24) is 19.9 Å². The van der Waals surface area contributed by atoms with Crippen LogP contribution in [0.3, 0.4) is 0 Å². The van der Waals surface area contributed by atoms with Gasteiger partial charge in [0.1, 0.15) is 12.2 Å². The normalized spacial score (nSPS) is 10.3. The Morgan fingerprint density at radius 2 is 2.20 bits per heavy atom. The number of hydrogen-bond acceptors (Lipinski definition) is 4. The highest BCUT2D eigenvalue weighted by Crippen LogP contribution is 2.17. The van der Waals surface area contributed by atoms with Gasteiger partial charge >= 0.3 is 0 Å². The first-order valence-electron chi connectivity index (χ1n) is 5.93. The second-order valence-electron chi connectivity index (χ2n) is 4.30. The van der Waals surface area contributed by atoms with Gasteiger partial charge in [-0.2, -0.15) is 0 Å². The van der Waals surface area contributed by atoms with Crippen molar-refractivity contribution in [2.75, 3.05) is 7.05 Å². The minimum absolute atomic E-state index is 0.0573. The minimum Gasteiger partial charge on any atom is -0.340 e. The molecule has 1 amide bonds. The topological polar surface area (TPSA) is 68.1 Å². The van der Waals surface area contributed by atoms with Crippen molar-refractivity contribution in [3.05, 3.63) is 46.2 Å². The number of rotatable bonds is 5. The lowest BCUT2D eigenvalue weighted by atomic mass is 10.2. The Labute approximate surface area is 124 Å². The van der Waals surface area contributed by atoms with E-state index >= 15 is 0 Å². The summed E-state index contributed by atoms with van der Waals surface area (Å²) in [5, 5.41) is 7.32. The van der Waals surface area contributed by atoms with Crippen LogP contribution in [0.25, 0.3) is 0 Å². The second kappa shape index (κ2) is 6.42. The third kappa shape index (κ3) is 3.51. The molecule has 0 spiro atoms. The molecule has 0 fully saturated rings. The van der Waals surface area contributed by atoms with Crippen molar-refractivity contribution < 1.29 is 9.59 Å². The molecule has 2 rings (SSSR count). The molecule has 1 heterocycles. The summed E-state index contributed by atoms with van der Waals surface area (Å²) in [7, 11) is 1.72. The van der Waals surface area contributed by atoms with E-state index in [4.69, 9.17) is 0 Å². The van der Waals surface area contributed by atoms with Crippen LogP contribution in [0.5, 0.6) is 0 Å². The predicted octanol–water partition coefficient (Wildman–Crippen LogP) is 1.51. The van der Waals surface area contributed by atoms with Gasteiger partial charge in [0.15, 0.2) is 6.29 Å². The van der Waals surface area contributed by atoms with Gasteiger partial charge in [0.25, 0.3) is 0 Å². The number of likely N-dealkylation sites (N-methyl/N-ethyl adjacent to an activating group) is 1. The van der Waals surface area contributed by atoms with Gasteiger partial charge in [-0.25, -0.2) is 4.68 Å². The van der Waals surface area contributed by atoms with Crippen LogP contribution < -0.4 is 0 Å². The molecule has 7 heteroatoms. The quantitative estimate of drug-likeness (QED) is 0.776. The molecular formula is C13H13BrN4O2. The van der Waals surface area contributed by atoms with Gasteiger partial charge in [-0.05, 0) is 11.6 Å². The summed E-state index contributed by atoms with van der Waals surface area (Å²) in [4.78, 5) is 24.2. The largest absolute Gasteiger partial charge is 0.340 e. The maximum atomic E-state index is 12.1. The SMILES string of the molecule is CN(Cc1ccccc1Br)C(=O)Cn1cc(C=O)nn1. The fraction of sp³-hybridized carbons (Fsp3) is 0.231. The number of benzene rings is 1. The Hall–Kier alpha value is -2.02. The lowest BCUT2D eigenvalue weighted by Crippen LogP contribution is -2.30. The fourth-order valence-corrected chi connectivity index (χ4v) is 2.08. The number of carbonyl (C=O) groups excluding carboxylic acids is 2. The zero-order valence-corrected chi connectivity index (χ0v) is 12.4. The highest BCUT2D eigenvalue weighted by Gasteiger charge is 2.12. The first-order chi connectivity index (χ1) is 9.60. The average molecular weight is 337 g/mol. The number of aromatic nitrogens is 3. The number of halogens is 1.